The highest BCUT2D eigenvalue weighted by molar-refractivity contribution is 5.93. The summed E-state index contributed by atoms with van der Waals surface area (Å²) in [5.41, 5.74) is 2.42. The van der Waals surface area contributed by atoms with E-state index in [9.17, 15) is 22.8 Å². The number of nitrogens with two attached hydrogens (primary N) is 1. The first-order chi connectivity index (χ1) is 20.4. The lowest BCUT2D eigenvalue weighted by Gasteiger charge is -2.36. The summed E-state index contributed by atoms with van der Waals surface area (Å²) in [5.74, 6) is -9.74. The average Bonchev–Trinajstić information content (AvgIpc) is 2.99. The predicted molar refractivity (Wildman–Crippen MR) is 152 cm³/mol. The molecule has 0 bridgehead atoms. The fraction of sp³-hybridized carbons (Fsp3) is 0.310. The molecule has 0 spiro atoms. The minimum absolute atomic E-state index is 0.0312. The normalized spacial score (nSPS) is 17.2. The molecule has 14 heteroatoms. The van der Waals surface area contributed by atoms with Crippen LogP contribution in [0.1, 0.15) is 20.8 Å². The molecule has 43 heavy (non-hydrogen) atoms. The molecule has 0 unspecified atom stereocenters. The van der Waals surface area contributed by atoms with Gasteiger partial charge in [0.2, 0.25) is 5.91 Å². The molecule has 1 amide bonds. The van der Waals surface area contributed by atoms with Crippen LogP contribution in [0.25, 0.3) is 28.0 Å². The molecule has 2 aliphatic rings. The molecule has 3 aromatic rings. The molecule has 0 aliphatic carbocycles. The van der Waals surface area contributed by atoms with Gasteiger partial charge in [-0.2, -0.15) is 4.98 Å². The number of nitrogen functional groups attached to an aromatic ring is 1. The van der Waals surface area contributed by atoms with Gasteiger partial charge in [0.25, 0.3) is 0 Å². The molecule has 2 aromatic heterocycles. The third kappa shape index (κ3) is 4.89. The van der Waals surface area contributed by atoms with E-state index in [2.05, 4.69) is 21.9 Å². The molecule has 0 radical (unpaired) electrons. The maximum Gasteiger partial charge on any atom is 0.355 e. The lowest BCUT2D eigenvalue weighted by Crippen LogP contribution is -2.49. The molecule has 226 valence electrons. The van der Waals surface area contributed by atoms with E-state index >= 15 is 8.78 Å². The Kier molecular flexibility index (Phi) is 7.71. The van der Waals surface area contributed by atoms with Crippen LogP contribution in [-0.4, -0.2) is 57.6 Å². The van der Waals surface area contributed by atoms with Gasteiger partial charge in [-0.05, 0) is 42.8 Å². The molecular weight excluding hydrogens is 573 g/mol. The number of hydrogen-bond acceptors (Lipinski definition) is 7. The van der Waals surface area contributed by atoms with Gasteiger partial charge in [0.05, 0.1) is 28.4 Å². The van der Waals surface area contributed by atoms with Crippen molar-refractivity contribution in [1.82, 2.24) is 24.8 Å². The average molecular weight is 602 g/mol. The summed E-state index contributed by atoms with van der Waals surface area (Å²) < 4.78 is 74.5. The molecule has 1 aromatic carbocycles. The van der Waals surface area contributed by atoms with E-state index in [4.69, 9.17) is 5.73 Å². The van der Waals surface area contributed by atoms with Crippen LogP contribution in [-0.2, 0) is 4.79 Å². The first-order valence-corrected chi connectivity index (χ1v) is 13.4. The van der Waals surface area contributed by atoms with Crippen LogP contribution in [0.15, 0.2) is 41.4 Å². The van der Waals surface area contributed by atoms with Crippen molar-refractivity contribution in [3.05, 3.63) is 76.1 Å². The molecule has 2 aliphatic heterocycles. The monoisotopic (exact) mass is 601 g/mol. The highest BCUT2D eigenvalue weighted by Gasteiger charge is 2.32. The van der Waals surface area contributed by atoms with E-state index in [0.29, 0.717) is 11.3 Å². The van der Waals surface area contributed by atoms with Gasteiger partial charge in [0.1, 0.15) is 11.5 Å². The highest BCUT2D eigenvalue weighted by Crippen LogP contribution is 2.38. The molecule has 1 fully saturated rings. The zero-order valence-electron chi connectivity index (χ0n) is 23.5. The molecule has 1 atom stereocenters. The maximum absolute atomic E-state index is 15.8. The second-order valence-corrected chi connectivity index (χ2v) is 10.6. The Hall–Kier alpha value is -4.75. The minimum atomic E-state index is -2.19. The van der Waals surface area contributed by atoms with Gasteiger partial charge in [-0.25, -0.2) is 36.3 Å². The zero-order chi connectivity index (χ0) is 31.3. The Morgan fingerprint density at radius 2 is 1.72 bits per heavy atom. The maximum atomic E-state index is 15.8. The lowest BCUT2D eigenvalue weighted by atomic mass is 9.95. The quantitative estimate of drug-likeness (QED) is 0.150. The van der Waals surface area contributed by atoms with E-state index in [-0.39, 0.29) is 54.9 Å². The number of carbonyl (C=O) groups is 1. The van der Waals surface area contributed by atoms with Crippen molar-refractivity contribution in [2.75, 3.05) is 36.8 Å². The van der Waals surface area contributed by atoms with Crippen molar-refractivity contribution in [3.8, 4) is 11.3 Å². The summed E-state index contributed by atoms with van der Waals surface area (Å²) in [6, 6.07) is 0.478. The van der Waals surface area contributed by atoms with Crippen LogP contribution in [0.3, 0.4) is 0 Å². The summed E-state index contributed by atoms with van der Waals surface area (Å²) in [4.78, 5) is 37.6. The van der Waals surface area contributed by atoms with Crippen molar-refractivity contribution in [2.45, 2.75) is 26.8 Å². The number of nitrogens with one attached hydrogen (secondary N) is 1. The summed E-state index contributed by atoms with van der Waals surface area (Å²) in [5, 5.41) is 3.21. The Morgan fingerprint density at radius 3 is 2.35 bits per heavy atom. The zero-order valence-corrected chi connectivity index (χ0v) is 23.5. The minimum Gasteiger partial charge on any atom is -0.396 e. The smallest absolute Gasteiger partial charge is 0.355 e. The van der Waals surface area contributed by atoms with Gasteiger partial charge >= 0.3 is 5.69 Å². The van der Waals surface area contributed by atoms with E-state index < -0.39 is 57.8 Å². The number of fused-ring (bicyclic) bond motifs is 1. The van der Waals surface area contributed by atoms with Crippen LogP contribution in [0.2, 0.25) is 0 Å². The Morgan fingerprint density at radius 1 is 1.07 bits per heavy atom. The number of anilines is 2. The summed E-state index contributed by atoms with van der Waals surface area (Å²) >= 11 is 0. The van der Waals surface area contributed by atoms with Crippen molar-refractivity contribution >= 4 is 34.1 Å². The third-order valence-electron chi connectivity index (χ3n) is 7.62. The van der Waals surface area contributed by atoms with Crippen LogP contribution < -0.4 is 21.6 Å². The van der Waals surface area contributed by atoms with Crippen LogP contribution in [0.5, 0.6) is 0 Å². The number of aromatic nitrogens is 3. The number of dihydropyridines is 1. The summed E-state index contributed by atoms with van der Waals surface area (Å²) in [6.07, 6.45) is 4.61. The second kappa shape index (κ2) is 11.2. The molecule has 0 saturated carbocycles. The van der Waals surface area contributed by atoms with Crippen LogP contribution in [0, 0.1) is 35.0 Å². The molecule has 5 rings (SSSR count). The van der Waals surface area contributed by atoms with Gasteiger partial charge in [0.15, 0.2) is 34.7 Å². The number of halogens is 5. The Labute approximate surface area is 242 Å². The number of nitrogens with zero attached hydrogens (tertiary/aromatic N) is 5. The summed E-state index contributed by atoms with van der Waals surface area (Å²) in [6.45, 7) is 10.0. The number of hydrogen-bond donors (Lipinski definition) is 2. The highest BCUT2D eigenvalue weighted by atomic mass is 19.2. The van der Waals surface area contributed by atoms with E-state index in [0.717, 1.165) is 10.6 Å². The number of rotatable bonds is 5. The number of piperazine rings is 1. The third-order valence-corrected chi connectivity index (χ3v) is 7.62. The Bertz CT molecular complexity index is 1760. The van der Waals surface area contributed by atoms with Crippen molar-refractivity contribution in [1.29, 1.82) is 0 Å². The number of carbonyl (C=O) groups excluding carboxylic acids is 1. The first kappa shape index (κ1) is 29.7. The van der Waals surface area contributed by atoms with E-state index in [1.807, 2.05) is 13.8 Å². The number of pyridine rings is 1. The van der Waals surface area contributed by atoms with Gasteiger partial charge < -0.3 is 20.9 Å². The van der Waals surface area contributed by atoms with Gasteiger partial charge in [-0.15, -0.1) is 0 Å². The Balaban J connectivity index is 1.82. The van der Waals surface area contributed by atoms with Crippen molar-refractivity contribution in [2.24, 2.45) is 5.92 Å². The lowest BCUT2D eigenvalue weighted by molar-refractivity contribution is -0.126. The van der Waals surface area contributed by atoms with Crippen LogP contribution >= 0.6 is 0 Å². The topological polar surface area (TPSA) is 109 Å². The van der Waals surface area contributed by atoms with Gasteiger partial charge in [0, 0.05) is 26.2 Å². The number of amides is 1. The molecule has 3 N–H and O–H groups in total. The predicted octanol–water partition coefficient (Wildman–Crippen LogP) is 3.94. The van der Waals surface area contributed by atoms with Crippen molar-refractivity contribution < 1.29 is 26.7 Å². The fourth-order valence-corrected chi connectivity index (χ4v) is 5.40. The SMILES string of the molecule is C=CC(=O)N1CCN(c2nc(=O)n(C3=C(C)C=CN[C@@H]3C(C)C)c3nc(-c4c(N)c(F)c(F)c(F)c4F)c(F)cc23)CC1. The largest absolute Gasteiger partial charge is 0.396 e. The van der Waals surface area contributed by atoms with E-state index in [1.54, 1.807) is 29.0 Å². The number of benzene rings is 1. The standard InChI is InChI=1S/C29H28F5N7O2/c1-5-17(42)39-8-10-40(11-9-39)27-15-12-16(30)25(18-19(31)20(32)21(33)22(34)23(18)35)37-28(15)41(29(43)38-27)26-14(4)6-7-36-24(26)13(2)3/h5-7,12-13,24,36H,1,8-11,35H2,2-4H3/t24-/m1/s1. The van der Waals surface area contributed by atoms with Gasteiger partial charge in [-0.1, -0.05) is 20.4 Å². The molecule has 1 saturated heterocycles. The number of allylic oxidation sites excluding steroid dienone is 2. The first-order valence-electron chi connectivity index (χ1n) is 13.4. The second-order valence-electron chi connectivity index (χ2n) is 10.6. The van der Waals surface area contributed by atoms with Crippen LogP contribution in [0.4, 0.5) is 33.5 Å². The molecular formula is C29H28F5N7O2. The van der Waals surface area contributed by atoms with Crippen molar-refractivity contribution in [3.63, 3.8) is 0 Å². The van der Waals surface area contributed by atoms with Gasteiger partial charge in [-0.3, -0.25) is 4.79 Å². The molecule has 9 nitrogen and oxygen atoms in total. The molecule has 4 heterocycles. The fourth-order valence-electron chi connectivity index (χ4n) is 5.40. The van der Waals surface area contributed by atoms with E-state index in [1.165, 1.54) is 6.08 Å². The summed E-state index contributed by atoms with van der Waals surface area (Å²) in [7, 11) is 0.